The van der Waals surface area contributed by atoms with Crippen LogP contribution in [0.2, 0.25) is 0 Å². The third kappa shape index (κ3) is 9.35. The first-order valence-corrected chi connectivity index (χ1v) is 5.38. The number of hydrogen-bond acceptors (Lipinski definition) is 4. The quantitative estimate of drug-likeness (QED) is 0.642. The van der Waals surface area contributed by atoms with Crippen molar-refractivity contribution in [3.05, 3.63) is 0 Å². The van der Waals surface area contributed by atoms with Crippen LogP contribution in [0.15, 0.2) is 0 Å². The van der Waals surface area contributed by atoms with Crippen LogP contribution in [0.5, 0.6) is 0 Å². The summed E-state index contributed by atoms with van der Waals surface area (Å²) in [7, 11) is 0. The number of amides is 1. The number of carbonyl (C=O) groups excluding carboxylic acids is 1. The molecule has 0 aromatic carbocycles. The van der Waals surface area contributed by atoms with Gasteiger partial charge in [-0.3, -0.25) is 4.79 Å². The van der Waals surface area contributed by atoms with E-state index in [0.717, 1.165) is 0 Å². The molecule has 0 saturated heterocycles. The van der Waals surface area contributed by atoms with Crippen LogP contribution in [0.1, 0.15) is 40.5 Å². The normalized spacial score (nSPS) is 12.7. The summed E-state index contributed by atoms with van der Waals surface area (Å²) in [5.74, 6) is -1.04. The van der Waals surface area contributed by atoms with Gasteiger partial charge >= 0.3 is 12.1 Å². The molecular formula is C11H20N2O4. The molecule has 3 N–H and O–H groups in total. The van der Waals surface area contributed by atoms with Crippen LogP contribution in [0.4, 0.5) is 4.79 Å². The number of nitrogens with one attached hydrogen (secondary N) is 2. The fraction of sp³-hybridized carbons (Fsp3) is 0.727. The van der Waals surface area contributed by atoms with Gasteiger partial charge < -0.3 is 20.6 Å². The van der Waals surface area contributed by atoms with Gasteiger partial charge in [0.1, 0.15) is 5.60 Å². The van der Waals surface area contributed by atoms with E-state index >= 15 is 0 Å². The number of rotatable bonds is 5. The monoisotopic (exact) mass is 244 g/mol. The van der Waals surface area contributed by atoms with Gasteiger partial charge in [0, 0.05) is 18.2 Å². The highest BCUT2D eigenvalue weighted by Gasteiger charge is 2.18. The summed E-state index contributed by atoms with van der Waals surface area (Å²) in [6, 6.07) is -0.323. The summed E-state index contributed by atoms with van der Waals surface area (Å²) in [4.78, 5) is 21.7. The molecule has 1 atom stereocenters. The zero-order valence-electron chi connectivity index (χ0n) is 10.7. The lowest BCUT2D eigenvalue weighted by atomic mass is 10.1. The van der Waals surface area contributed by atoms with Crippen LogP contribution in [-0.2, 0) is 9.53 Å². The number of ether oxygens (including phenoxy) is 1. The molecule has 0 fully saturated rings. The topological polar surface area (TPSA) is 99.5 Å². The van der Waals surface area contributed by atoms with Crippen molar-refractivity contribution < 1.29 is 19.4 Å². The fourth-order valence-corrected chi connectivity index (χ4v) is 1.18. The highest BCUT2D eigenvalue weighted by molar-refractivity contribution is 5.96. The molecule has 0 saturated carbocycles. The first kappa shape index (κ1) is 15.4. The number of carbonyl (C=O) groups is 2. The van der Waals surface area contributed by atoms with Crippen LogP contribution < -0.4 is 5.32 Å². The van der Waals surface area contributed by atoms with E-state index in [1.165, 1.54) is 0 Å². The van der Waals surface area contributed by atoms with Crippen LogP contribution in [0, 0.1) is 5.41 Å². The Bertz CT molecular complexity index is 307. The molecule has 6 nitrogen and oxygen atoms in total. The smallest absolute Gasteiger partial charge is 0.407 e. The van der Waals surface area contributed by atoms with E-state index in [9.17, 15) is 9.59 Å². The van der Waals surface area contributed by atoms with Crippen molar-refractivity contribution >= 4 is 17.8 Å². The Hall–Kier alpha value is -1.59. The minimum absolute atomic E-state index is 0.0704. The molecule has 17 heavy (non-hydrogen) atoms. The van der Waals surface area contributed by atoms with Crippen LogP contribution in [0.3, 0.4) is 0 Å². The van der Waals surface area contributed by atoms with Crippen molar-refractivity contribution in [2.45, 2.75) is 52.2 Å². The Morgan fingerprint density at radius 1 is 1.41 bits per heavy atom. The number of carboxylic acids is 1. The summed E-state index contributed by atoms with van der Waals surface area (Å²) in [5, 5.41) is 18.4. The molecule has 0 aromatic rings. The fourth-order valence-electron chi connectivity index (χ4n) is 1.18. The van der Waals surface area contributed by atoms with Crippen LogP contribution in [0.25, 0.3) is 0 Å². The first-order chi connectivity index (χ1) is 7.60. The molecule has 0 bridgehead atoms. The zero-order chi connectivity index (χ0) is 13.6. The molecule has 0 heterocycles. The van der Waals surface area contributed by atoms with Gasteiger partial charge in [0.15, 0.2) is 0 Å². The second-order valence-electron chi connectivity index (χ2n) is 4.93. The van der Waals surface area contributed by atoms with E-state index < -0.39 is 17.7 Å². The van der Waals surface area contributed by atoms with Gasteiger partial charge in [-0.15, -0.1) is 0 Å². The van der Waals surface area contributed by atoms with E-state index in [0.29, 0.717) is 0 Å². The van der Waals surface area contributed by atoms with Gasteiger partial charge in [0.05, 0.1) is 6.42 Å². The van der Waals surface area contributed by atoms with Crippen molar-refractivity contribution in [3.63, 3.8) is 0 Å². The van der Waals surface area contributed by atoms with Gasteiger partial charge in [-0.25, -0.2) is 4.79 Å². The molecule has 0 rings (SSSR count). The number of carboxylic acid groups (broad SMARTS) is 1. The van der Waals surface area contributed by atoms with Crippen molar-refractivity contribution in [3.8, 4) is 0 Å². The van der Waals surface area contributed by atoms with Gasteiger partial charge in [-0.2, -0.15) is 0 Å². The molecular weight excluding hydrogens is 224 g/mol. The molecule has 0 aromatic heterocycles. The van der Waals surface area contributed by atoms with Gasteiger partial charge in [-0.1, -0.05) is 0 Å². The zero-order valence-corrected chi connectivity index (χ0v) is 10.7. The highest BCUT2D eigenvalue weighted by Crippen LogP contribution is 2.07. The van der Waals surface area contributed by atoms with Gasteiger partial charge in [0.25, 0.3) is 0 Å². The van der Waals surface area contributed by atoms with E-state index in [4.69, 9.17) is 15.3 Å². The summed E-state index contributed by atoms with van der Waals surface area (Å²) in [6.45, 7) is 6.96. The minimum Gasteiger partial charge on any atom is -0.481 e. The largest absolute Gasteiger partial charge is 0.481 e. The minimum atomic E-state index is -1.04. The Morgan fingerprint density at radius 2 is 1.94 bits per heavy atom. The van der Waals surface area contributed by atoms with E-state index in [2.05, 4.69) is 5.32 Å². The lowest BCUT2D eigenvalue weighted by molar-refractivity contribution is -0.135. The number of aliphatic carboxylic acids is 1. The maximum Gasteiger partial charge on any atom is 0.407 e. The molecule has 6 heteroatoms. The van der Waals surface area contributed by atoms with Crippen LogP contribution in [-0.4, -0.2) is 34.5 Å². The number of hydrogen-bond donors (Lipinski definition) is 3. The Kier molecular flexibility index (Phi) is 5.64. The Labute approximate surface area is 101 Å². The molecule has 0 aliphatic heterocycles. The third-order valence-electron chi connectivity index (χ3n) is 1.68. The van der Waals surface area contributed by atoms with E-state index in [-0.39, 0.29) is 24.6 Å². The van der Waals surface area contributed by atoms with Gasteiger partial charge in [0.2, 0.25) is 0 Å². The Morgan fingerprint density at radius 3 is 2.35 bits per heavy atom. The number of alkyl carbamates (subject to hydrolysis) is 1. The standard InChI is InChI=1S/C11H20N2O4/c1-7(5-8(12)6-9(14)15)13-10(16)17-11(2,3)4/h7,12H,5-6H2,1-4H3,(H,13,16)(H,14,15). The average Bonchev–Trinajstić information content (AvgIpc) is 1.95. The SMILES string of the molecule is CC(CC(=N)CC(=O)O)NC(=O)OC(C)(C)C. The Balaban J connectivity index is 4.01. The average molecular weight is 244 g/mol. The maximum atomic E-state index is 11.4. The molecule has 0 spiro atoms. The first-order valence-electron chi connectivity index (χ1n) is 5.38. The third-order valence-corrected chi connectivity index (χ3v) is 1.68. The molecule has 0 aliphatic rings. The van der Waals surface area contributed by atoms with E-state index in [1.54, 1.807) is 27.7 Å². The molecule has 0 aliphatic carbocycles. The molecule has 1 amide bonds. The predicted molar refractivity (Wildman–Crippen MR) is 63.4 cm³/mol. The second-order valence-corrected chi connectivity index (χ2v) is 4.93. The van der Waals surface area contributed by atoms with Crippen molar-refractivity contribution in [1.82, 2.24) is 5.32 Å². The molecule has 1 unspecified atom stereocenters. The molecule has 0 radical (unpaired) electrons. The summed E-state index contributed by atoms with van der Waals surface area (Å²) in [5.41, 5.74) is -0.501. The van der Waals surface area contributed by atoms with Crippen molar-refractivity contribution in [2.75, 3.05) is 0 Å². The van der Waals surface area contributed by atoms with Gasteiger partial charge in [-0.05, 0) is 27.7 Å². The summed E-state index contributed by atoms with van der Waals surface area (Å²) >= 11 is 0. The van der Waals surface area contributed by atoms with Crippen LogP contribution >= 0.6 is 0 Å². The molecule has 98 valence electrons. The van der Waals surface area contributed by atoms with Crippen molar-refractivity contribution in [1.29, 1.82) is 5.41 Å². The lowest BCUT2D eigenvalue weighted by Crippen LogP contribution is -2.38. The second kappa shape index (κ2) is 6.22. The summed E-state index contributed by atoms with van der Waals surface area (Å²) in [6.07, 6.45) is -0.667. The van der Waals surface area contributed by atoms with E-state index in [1.807, 2.05) is 0 Å². The summed E-state index contributed by atoms with van der Waals surface area (Å²) < 4.78 is 5.03. The maximum absolute atomic E-state index is 11.4. The van der Waals surface area contributed by atoms with Crippen molar-refractivity contribution in [2.24, 2.45) is 0 Å². The lowest BCUT2D eigenvalue weighted by Gasteiger charge is -2.21. The highest BCUT2D eigenvalue weighted by atomic mass is 16.6. The predicted octanol–water partition coefficient (Wildman–Crippen LogP) is 1.78.